The third-order valence-electron chi connectivity index (χ3n) is 10.3. The molecule has 0 spiro atoms. The van der Waals surface area contributed by atoms with E-state index in [0.717, 1.165) is 0 Å². The largest absolute Gasteiger partial charge is 0.442 e. The van der Waals surface area contributed by atoms with Crippen LogP contribution in [-0.4, -0.2) is 69.5 Å². The first-order chi connectivity index (χ1) is 20.8. The molecule has 1 aromatic rings. The summed E-state index contributed by atoms with van der Waals surface area (Å²) < 4.78 is 27.4. The predicted molar refractivity (Wildman–Crippen MR) is 148 cm³/mol. The molecule has 4 aliphatic rings. The number of amides is 1. The van der Waals surface area contributed by atoms with Gasteiger partial charge in [-0.05, 0) is 80.2 Å². The summed E-state index contributed by atoms with van der Waals surface area (Å²) >= 11 is 0. The fraction of sp³-hybridized carbons (Fsp3) is 0.548. The Morgan fingerprint density at radius 2 is 1.82 bits per heavy atom. The zero-order valence-electron chi connectivity index (χ0n) is 24.5. The number of hydrogen-bond donors (Lipinski definition) is 4. The third-order valence-corrected chi connectivity index (χ3v) is 10.3. The van der Waals surface area contributed by atoms with Gasteiger partial charge in [0.15, 0.2) is 23.8 Å². The van der Waals surface area contributed by atoms with Crippen molar-refractivity contribution in [3.63, 3.8) is 0 Å². The summed E-state index contributed by atoms with van der Waals surface area (Å²) in [6.45, 7) is 2.47. The maximum absolute atomic E-state index is 17.1. The lowest BCUT2D eigenvalue weighted by molar-refractivity contribution is -0.497. The summed E-state index contributed by atoms with van der Waals surface area (Å²) in [6, 6.07) is 5.97. The minimum atomic E-state index is -1.97. The number of esters is 1. The van der Waals surface area contributed by atoms with Gasteiger partial charge in [-0.2, -0.15) is 0 Å². The fourth-order valence-electron chi connectivity index (χ4n) is 8.12. The average Bonchev–Trinajstić information content (AvgIpc) is 3.32. The number of nitrogens with one attached hydrogen (secondary N) is 1. The minimum Gasteiger partial charge on any atom is -0.442 e. The second kappa shape index (κ2) is 12.1. The predicted octanol–water partition coefficient (Wildman–Crippen LogP) is 3.39. The number of ether oxygens (including phenoxy) is 2. The van der Waals surface area contributed by atoms with Gasteiger partial charge in [0, 0.05) is 17.3 Å². The van der Waals surface area contributed by atoms with Gasteiger partial charge in [-0.25, -0.2) is 18.8 Å². The molecule has 0 aromatic heterocycles. The molecule has 4 N–H and O–H groups in total. The molecule has 0 aliphatic heterocycles. The van der Waals surface area contributed by atoms with Crippen LogP contribution in [0.2, 0.25) is 0 Å². The number of ketones is 2. The average molecular weight is 617 g/mol. The lowest BCUT2D eigenvalue weighted by atomic mass is 9.45. The molecule has 5 rings (SSSR count). The number of halogens is 1. The van der Waals surface area contributed by atoms with Crippen LogP contribution in [0.1, 0.15) is 51.5 Å². The molecule has 238 valence electrons. The number of Topliss-reactive ketones (excluding diaryl/α,β-unsaturated/α-hetero) is 1. The summed E-state index contributed by atoms with van der Waals surface area (Å²) in [5, 5.41) is 30.3. The van der Waals surface area contributed by atoms with Crippen LogP contribution in [0.4, 0.5) is 9.18 Å². The summed E-state index contributed by atoms with van der Waals surface area (Å²) in [6.07, 6.45) is 4.29. The topological polar surface area (TPSA) is 172 Å². The summed E-state index contributed by atoms with van der Waals surface area (Å²) in [5.41, 5.74) is -2.50. The molecule has 3 saturated carbocycles. The van der Waals surface area contributed by atoms with Crippen LogP contribution in [0.3, 0.4) is 0 Å². The number of aliphatic hydroxyl groups excluding tert-OH is 1. The van der Waals surface area contributed by atoms with Gasteiger partial charge < -0.3 is 19.9 Å². The van der Waals surface area contributed by atoms with Gasteiger partial charge >= 0.3 is 12.1 Å². The van der Waals surface area contributed by atoms with E-state index in [1.54, 1.807) is 13.0 Å². The fourth-order valence-corrected chi connectivity index (χ4v) is 8.12. The van der Waals surface area contributed by atoms with Crippen LogP contribution in [0.15, 0.2) is 48.1 Å². The number of carbonyl (C=O) groups is 4. The van der Waals surface area contributed by atoms with E-state index in [-0.39, 0.29) is 36.3 Å². The van der Waals surface area contributed by atoms with E-state index in [2.05, 4.69) is 10.2 Å². The SMILES string of the molecule is C[C@]12C[C@H](O)C3(F)[C@@H](CCC4=CC(=O)C=C[C@@]43C)C1CCC2C(=O)COC(=O)NCC(=O)Oc1ccc(CON(O)O)cc1. The minimum absolute atomic E-state index is 0.0685. The molecule has 13 heteroatoms. The van der Waals surface area contributed by atoms with Crippen LogP contribution >= 0.6 is 0 Å². The Labute approximate surface area is 253 Å². The van der Waals surface area contributed by atoms with Gasteiger partial charge in [0.25, 0.3) is 0 Å². The molecule has 1 amide bonds. The number of hydrogen-bond acceptors (Lipinski definition) is 11. The number of rotatable bonds is 9. The molecule has 0 bridgehead atoms. The number of alkyl carbamates (subject to hydrolysis) is 1. The normalized spacial score (nSPS) is 34.0. The molecular weight excluding hydrogens is 579 g/mol. The third kappa shape index (κ3) is 5.70. The Morgan fingerprint density at radius 1 is 1.09 bits per heavy atom. The Bertz CT molecular complexity index is 1380. The number of carbonyl (C=O) groups excluding carboxylic acids is 4. The van der Waals surface area contributed by atoms with Crippen LogP contribution in [0, 0.1) is 28.6 Å². The van der Waals surface area contributed by atoms with E-state index in [1.807, 2.05) is 6.92 Å². The van der Waals surface area contributed by atoms with Crippen molar-refractivity contribution in [1.29, 1.82) is 0 Å². The van der Waals surface area contributed by atoms with Crippen molar-refractivity contribution in [3.8, 4) is 5.75 Å². The van der Waals surface area contributed by atoms with Crippen molar-refractivity contribution in [3.05, 3.63) is 53.6 Å². The Balaban J connectivity index is 1.13. The zero-order chi connectivity index (χ0) is 31.9. The first-order valence-electron chi connectivity index (χ1n) is 14.6. The van der Waals surface area contributed by atoms with Gasteiger partial charge in [-0.15, -0.1) is 0 Å². The highest BCUT2D eigenvalue weighted by Crippen LogP contribution is 2.68. The van der Waals surface area contributed by atoms with Crippen LogP contribution < -0.4 is 10.1 Å². The number of allylic oxidation sites excluding steroid dienone is 4. The quantitative estimate of drug-likeness (QED) is 0.182. The number of nitrogens with zero attached hydrogens (tertiary/aromatic N) is 1. The van der Waals surface area contributed by atoms with Crippen LogP contribution in [0.25, 0.3) is 0 Å². The van der Waals surface area contributed by atoms with E-state index < -0.39 is 65.0 Å². The Kier molecular flexibility index (Phi) is 8.80. The first kappa shape index (κ1) is 31.9. The number of alkyl halides is 1. The smallest absolute Gasteiger partial charge is 0.408 e. The monoisotopic (exact) mass is 616 g/mol. The highest BCUT2D eigenvalue weighted by molar-refractivity contribution is 6.01. The molecule has 12 nitrogen and oxygen atoms in total. The number of benzene rings is 1. The van der Waals surface area contributed by atoms with E-state index >= 15 is 4.39 Å². The summed E-state index contributed by atoms with van der Waals surface area (Å²) in [5.74, 6) is -2.32. The molecule has 4 aliphatic carbocycles. The van der Waals surface area contributed by atoms with Crippen LogP contribution in [0.5, 0.6) is 5.75 Å². The van der Waals surface area contributed by atoms with Crippen molar-refractivity contribution in [2.45, 2.75) is 64.3 Å². The molecule has 1 aromatic carbocycles. The molecule has 0 radical (unpaired) electrons. The molecule has 7 atom stereocenters. The summed E-state index contributed by atoms with van der Waals surface area (Å²) in [4.78, 5) is 54.2. The van der Waals surface area contributed by atoms with Gasteiger partial charge in [-0.1, -0.05) is 30.7 Å². The van der Waals surface area contributed by atoms with Gasteiger partial charge in [0.1, 0.15) is 12.3 Å². The molecule has 0 saturated heterocycles. The van der Waals surface area contributed by atoms with Gasteiger partial charge in [0.2, 0.25) is 0 Å². The molecule has 44 heavy (non-hydrogen) atoms. The van der Waals surface area contributed by atoms with E-state index in [1.165, 1.54) is 36.4 Å². The molecule has 3 fully saturated rings. The van der Waals surface area contributed by atoms with E-state index in [4.69, 9.17) is 19.9 Å². The maximum atomic E-state index is 17.1. The van der Waals surface area contributed by atoms with E-state index in [0.29, 0.717) is 36.8 Å². The van der Waals surface area contributed by atoms with Gasteiger partial charge in [0.05, 0.1) is 18.1 Å². The highest BCUT2D eigenvalue weighted by Gasteiger charge is 2.70. The van der Waals surface area contributed by atoms with Crippen molar-refractivity contribution >= 4 is 23.6 Å². The first-order valence-corrected chi connectivity index (χ1v) is 14.6. The maximum Gasteiger partial charge on any atom is 0.408 e. The molecular formula is C31H37FN2O10. The van der Waals surface area contributed by atoms with Crippen molar-refractivity contribution in [1.82, 2.24) is 10.7 Å². The Hall–Kier alpha value is -3.49. The summed E-state index contributed by atoms with van der Waals surface area (Å²) in [7, 11) is 0. The highest BCUT2D eigenvalue weighted by atomic mass is 19.1. The number of aliphatic hydroxyl groups is 1. The lowest BCUT2D eigenvalue weighted by Crippen LogP contribution is -2.66. The molecule has 0 heterocycles. The van der Waals surface area contributed by atoms with Crippen LogP contribution in [-0.2, 0) is 30.6 Å². The van der Waals surface area contributed by atoms with Crippen molar-refractivity contribution in [2.75, 3.05) is 13.2 Å². The van der Waals surface area contributed by atoms with Gasteiger partial charge in [-0.3, -0.25) is 20.0 Å². The lowest BCUT2D eigenvalue weighted by Gasteiger charge is -2.62. The van der Waals surface area contributed by atoms with Crippen molar-refractivity contribution in [2.24, 2.45) is 28.6 Å². The second-order valence-electron chi connectivity index (χ2n) is 12.5. The molecule has 3 unspecified atom stereocenters. The standard InChI is InChI=1S/C31H37FN2O10/c1-29-14-26(37)31(32)23(8-5-19-13-20(35)11-12-30(19,31)2)22(29)9-10-24(29)25(36)17-42-28(39)33-15-27(38)44-21-6-3-18(4-7-21)16-43-34(40)41/h3-4,6-7,11-13,22-24,26,37,40-41H,5,8-10,14-17H2,1-2H3,(H,33,39)/t22?,23-,24?,26-,29-,30-,31?/m0/s1. The zero-order valence-corrected chi connectivity index (χ0v) is 24.5. The Morgan fingerprint density at radius 3 is 2.52 bits per heavy atom. The second-order valence-corrected chi connectivity index (χ2v) is 12.5. The van der Waals surface area contributed by atoms with E-state index in [9.17, 15) is 24.3 Å². The number of fused-ring (bicyclic) bond motifs is 5. The van der Waals surface area contributed by atoms with Crippen molar-refractivity contribution < 1.29 is 53.4 Å².